The van der Waals surface area contributed by atoms with Crippen molar-refractivity contribution in [1.82, 2.24) is 9.55 Å². The van der Waals surface area contributed by atoms with Crippen LogP contribution in [-0.2, 0) is 12.3 Å². The van der Waals surface area contributed by atoms with Crippen molar-refractivity contribution in [3.8, 4) is 5.75 Å². The molecule has 9 heteroatoms. The highest BCUT2D eigenvalue weighted by Gasteiger charge is 2.15. The average molecular weight is 461 g/mol. The summed E-state index contributed by atoms with van der Waals surface area (Å²) in [5, 5.41) is 1.08. The topological polar surface area (TPSA) is 57.3 Å². The Morgan fingerprint density at radius 2 is 2.00 bits per heavy atom. The van der Waals surface area contributed by atoms with Crippen LogP contribution >= 0.6 is 23.5 Å². The number of fused-ring (bicyclic) bond motifs is 1. The molecular formula is C22H18F2N2O3S2. The maximum Gasteiger partial charge on any atom is 0.289 e. The van der Waals surface area contributed by atoms with Crippen LogP contribution in [0, 0.1) is 0 Å². The summed E-state index contributed by atoms with van der Waals surface area (Å²) in [6.45, 7) is 0.263. The van der Waals surface area contributed by atoms with Gasteiger partial charge in [-0.3, -0.25) is 9.36 Å². The van der Waals surface area contributed by atoms with Gasteiger partial charge in [-0.2, -0.15) is 8.78 Å². The molecule has 2 aromatic carbocycles. The standard InChI is InChI=1S/C22H18F2N2O3S2/c1-28-18-11-14(8-9-19(18)31-21(23)24)13-30-22-25-17-7-3-2-6-16(17)20(27)26(22)12-15-5-4-10-29-15/h2-11,21H,12-13H2,1H3. The second-order valence-electron chi connectivity index (χ2n) is 6.53. The fraction of sp³-hybridized carbons (Fsp3) is 0.182. The number of furan rings is 1. The Labute approximate surface area is 185 Å². The van der Waals surface area contributed by atoms with Crippen LogP contribution in [0.4, 0.5) is 8.78 Å². The number of rotatable bonds is 8. The molecule has 2 heterocycles. The minimum absolute atomic E-state index is 0.147. The van der Waals surface area contributed by atoms with Crippen molar-refractivity contribution in [2.24, 2.45) is 0 Å². The number of ether oxygens (including phenoxy) is 1. The minimum Gasteiger partial charge on any atom is -0.496 e. The van der Waals surface area contributed by atoms with E-state index in [0.29, 0.717) is 50.0 Å². The molecule has 0 spiro atoms. The number of benzene rings is 2. The summed E-state index contributed by atoms with van der Waals surface area (Å²) in [6, 6.07) is 15.9. The molecule has 4 aromatic rings. The van der Waals surface area contributed by atoms with Gasteiger partial charge in [0.2, 0.25) is 0 Å². The third kappa shape index (κ3) is 4.94. The highest BCUT2D eigenvalue weighted by Crippen LogP contribution is 2.35. The van der Waals surface area contributed by atoms with Crippen LogP contribution in [0.1, 0.15) is 11.3 Å². The Balaban J connectivity index is 1.65. The lowest BCUT2D eigenvalue weighted by atomic mass is 10.2. The molecule has 0 radical (unpaired) electrons. The molecule has 0 bridgehead atoms. The Kier molecular flexibility index (Phi) is 6.62. The van der Waals surface area contributed by atoms with Crippen molar-refractivity contribution < 1.29 is 17.9 Å². The van der Waals surface area contributed by atoms with E-state index < -0.39 is 5.76 Å². The second kappa shape index (κ2) is 9.57. The predicted molar refractivity (Wildman–Crippen MR) is 118 cm³/mol. The summed E-state index contributed by atoms with van der Waals surface area (Å²) < 4.78 is 37.7. The number of halogens is 2. The smallest absolute Gasteiger partial charge is 0.289 e. The zero-order chi connectivity index (χ0) is 21.8. The number of aromatic nitrogens is 2. The molecule has 0 aliphatic heterocycles. The lowest BCUT2D eigenvalue weighted by molar-refractivity contribution is 0.251. The van der Waals surface area contributed by atoms with E-state index in [1.807, 2.05) is 6.07 Å². The van der Waals surface area contributed by atoms with Gasteiger partial charge in [0.1, 0.15) is 11.5 Å². The van der Waals surface area contributed by atoms with Crippen LogP contribution in [0.3, 0.4) is 0 Å². The molecule has 4 rings (SSSR count). The molecule has 0 aliphatic rings. The normalized spacial score (nSPS) is 11.4. The molecule has 2 aromatic heterocycles. The maximum atomic E-state index is 13.1. The van der Waals surface area contributed by atoms with E-state index in [1.165, 1.54) is 18.9 Å². The molecule has 0 unspecified atom stereocenters. The molecule has 0 atom stereocenters. The fourth-order valence-corrected chi connectivity index (χ4v) is 4.64. The quantitative estimate of drug-likeness (QED) is 0.250. The van der Waals surface area contributed by atoms with Gasteiger partial charge in [-0.15, -0.1) is 0 Å². The van der Waals surface area contributed by atoms with Gasteiger partial charge in [0.15, 0.2) is 5.16 Å². The molecular weight excluding hydrogens is 442 g/mol. The first-order chi connectivity index (χ1) is 15.0. The van der Waals surface area contributed by atoms with E-state index in [4.69, 9.17) is 9.15 Å². The Hall–Kier alpha value is -2.78. The van der Waals surface area contributed by atoms with E-state index in [0.717, 1.165) is 5.56 Å². The van der Waals surface area contributed by atoms with Crippen LogP contribution in [0.15, 0.2) is 80.1 Å². The Bertz CT molecular complexity index is 1240. The van der Waals surface area contributed by atoms with Gasteiger partial charge in [-0.1, -0.05) is 41.7 Å². The third-order valence-corrected chi connectivity index (χ3v) is 6.35. The van der Waals surface area contributed by atoms with Crippen LogP contribution < -0.4 is 10.3 Å². The Morgan fingerprint density at radius 1 is 1.16 bits per heavy atom. The van der Waals surface area contributed by atoms with Crippen molar-refractivity contribution in [2.75, 3.05) is 7.11 Å². The number of nitrogens with zero attached hydrogens (tertiary/aromatic N) is 2. The van der Waals surface area contributed by atoms with E-state index in [9.17, 15) is 13.6 Å². The summed E-state index contributed by atoms with van der Waals surface area (Å²) in [4.78, 5) is 18.2. The van der Waals surface area contributed by atoms with Crippen LogP contribution in [0.25, 0.3) is 10.9 Å². The first-order valence-electron chi connectivity index (χ1n) is 9.31. The third-order valence-electron chi connectivity index (χ3n) is 4.53. The lowest BCUT2D eigenvalue weighted by Crippen LogP contribution is -2.23. The largest absolute Gasteiger partial charge is 0.496 e. The number of alkyl halides is 2. The van der Waals surface area contributed by atoms with Crippen molar-refractivity contribution in [3.63, 3.8) is 0 Å². The van der Waals surface area contributed by atoms with Gasteiger partial charge in [0, 0.05) is 5.75 Å². The van der Waals surface area contributed by atoms with Gasteiger partial charge in [-0.05, 0) is 42.0 Å². The summed E-state index contributed by atoms with van der Waals surface area (Å²) in [6.07, 6.45) is 1.56. The van der Waals surface area contributed by atoms with E-state index >= 15 is 0 Å². The molecule has 0 saturated carbocycles. The summed E-state index contributed by atoms with van der Waals surface area (Å²) >= 11 is 1.84. The lowest BCUT2D eigenvalue weighted by Gasteiger charge is -2.13. The number of hydrogen-bond donors (Lipinski definition) is 0. The minimum atomic E-state index is -2.52. The van der Waals surface area contributed by atoms with E-state index in [-0.39, 0.29) is 12.1 Å². The maximum absolute atomic E-state index is 13.1. The zero-order valence-corrected chi connectivity index (χ0v) is 18.1. The van der Waals surface area contributed by atoms with Gasteiger partial charge in [0.25, 0.3) is 11.3 Å². The molecule has 0 N–H and O–H groups in total. The van der Waals surface area contributed by atoms with E-state index in [1.54, 1.807) is 59.4 Å². The number of para-hydroxylation sites is 1. The van der Waals surface area contributed by atoms with Crippen molar-refractivity contribution in [1.29, 1.82) is 0 Å². The molecule has 0 fully saturated rings. The first kappa shape index (κ1) is 21.5. The first-order valence-corrected chi connectivity index (χ1v) is 11.2. The monoisotopic (exact) mass is 460 g/mol. The second-order valence-corrected chi connectivity index (χ2v) is 8.51. The number of methoxy groups -OCH3 is 1. The zero-order valence-electron chi connectivity index (χ0n) is 16.5. The fourth-order valence-electron chi connectivity index (χ4n) is 3.10. The van der Waals surface area contributed by atoms with Gasteiger partial charge < -0.3 is 9.15 Å². The van der Waals surface area contributed by atoms with Crippen LogP contribution in [-0.4, -0.2) is 22.4 Å². The van der Waals surface area contributed by atoms with Gasteiger partial charge in [0.05, 0.1) is 35.7 Å². The number of hydrogen-bond acceptors (Lipinski definition) is 6. The molecule has 0 amide bonds. The molecule has 0 aliphatic carbocycles. The highest BCUT2D eigenvalue weighted by molar-refractivity contribution is 7.99. The van der Waals surface area contributed by atoms with E-state index in [2.05, 4.69) is 4.98 Å². The highest BCUT2D eigenvalue weighted by atomic mass is 32.2. The summed E-state index contributed by atoms with van der Waals surface area (Å²) in [5.74, 6) is -0.996. The SMILES string of the molecule is COc1cc(CSc2nc3ccccc3c(=O)n2Cc2ccco2)ccc1SC(F)F. The van der Waals surface area contributed by atoms with Gasteiger partial charge in [-0.25, -0.2) is 4.98 Å². The summed E-state index contributed by atoms with van der Waals surface area (Å²) in [5.41, 5.74) is 1.34. The molecule has 160 valence electrons. The Morgan fingerprint density at radius 3 is 2.74 bits per heavy atom. The number of thioether (sulfide) groups is 2. The van der Waals surface area contributed by atoms with Gasteiger partial charge >= 0.3 is 0 Å². The molecule has 31 heavy (non-hydrogen) atoms. The molecule has 0 saturated heterocycles. The molecule has 5 nitrogen and oxygen atoms in total. The average Bonchev–Trinajstić information content (AvgIpc) is 3.28. The van der Waals surface area contributed by atoms with Crippen LogP contribution in [0.2, 0.25) is 0 Å². The van der Waals surface area contributed by atoms with Crippen molar-refractivity contribution >= 4 is 34.4 Å². The van der Waals surface area contributed by atoms with Crippen molar-refractivity contribution in [3.05, 3.63) is 82.5 Å². The predicted octanol–water partition coefficient (Wildman–Crippen LogP) is 5.65. The van der Waals surface area contributed by atoms with Crippen LogP contribution in [0.5, 0.6) is 5.75 Å². The van der Waals surface area contributed by atoms with Crippen molar-refractivity contribution in [2.45, 2.75) is 28.1 Å². The summed E-state index contributed by atoms with van der Waals surface area (Å²) in [7, 11) is 1.45.